The molecule has 38 heavy (non-hydrogen) atoms. The number of anilines is 2. The van der Waals surface area contributed by atoms with Crippen molar-refractivity contribution in [3.63, 3.8) is 0 Å². The fraction of sp³-hybridized carbons (Fsp3) is 0. The lowest BCUT2D eigenvalue weighted by molar-refractivity contribution is 1.31. The van der Waals surface area contributed by atoms with Crippen LogP contribution in [0.3, 0.4) is 0 Å². The minimum absolute atomic E-state index is 0.622. The molecule has 0 radical (unpaired) electrons. The minimum atomic E-state index is 0.622. The van der Waals surface area contributed by atoms with Crippen LogP contribution in [0.1, 0.15) is 22.5 Å². The van der Waals surface area contributed by atoms with Gasteiger partial charge in [-0.1, -0.05) is 11.8 Å². The summed E-state index contributed by atoms with van der Waals surface area (Å²) in [5.41, 5.74) is 20.7. The van der Waals surface area contributed by atoms with Crippen LogP contribution < -0.4 is 11.5 Å². The van der Waals surface area contributed by atoms with Crippen molar-refractivity contribution in [2.75, 3.05) is 11.5 Å². The molecule has 0 saturated heterocycles. The summed E-state index contributed by atoms with van der Waals surface area (Å²) < 4.78 is 0. The van der Waals surface area contributed by atoms with Crippen molar-refractivity contribution in [1.82, 2.24) is 29.9 Å². The number of benzene rings is 1. The second kappa shape index (κ2) is 8.37. The van der Waals surface area contributed by atoms with E-state index in [1.165, 1.54) is 0 Å². The maximum atomic E-state index is 5.81. The monoisotopic (exact) mass is 494 g/mol. The molecule has 182 valence electrons. The van der Waals surface area contributed by atoms with E-state index in [4.69, 9.17) is 11.5 Å². The molecule has 6 heterocycles. The zero-order valence-corrected chi connectivity index (χ0v) is 20.1. The van der Waals surface area contributed by atoms with Crippen molar-refractivity contribution in [2.45, 2.75) is 0 Å². The molecule has 0 aliphatic rings. The molecular weight excluding hydrogens is 472 g/mol. The summed E-state index contributed by atoms with van der Waals surface area (Å²) in [6, 6.07) is 19.5. The first-order valence-corrected chi connectivity index (χ1v) is 12.0. The van der Waals surface area contributed by atoms with Crippen LogP contribution in [-0.4, -0.2) is 29.9 Å². The topological polar surface area (TPSA) is 147 Å². The van der Waals surface area contributed by atoms with Crippen LogP contribution >= 0.6 is 0 Å². The lowest BCUT2D eigenvalue weighted by atomic mass is 10.0. The number of hydrogen-bond donors (Lipinski definition) is 8. The van der Waals surface area contributed by atoms with E-state index in [1.807, 2.05) is 73.1 Å². The molecule has 0 aliphatic carbocycles. The van der Waals surface area contributed by atoms with Gasteiger partial charge in [-0.3, -0.25) is 0 Å². The Hall–Kier alpha value is -5.86. The highest BCUT2D eigenvalue weighted by Gasteiger charge is 2.14. The Morgan fingerprint density at radius 1 is 0.447 bits per heavy atom. The largest absolute Gasteiger partial charge is 0.385 e. The highest BCUT2D eigenvalue weighted by molar-refractivity contribution is 6.07. The first-order chi connectivity index (χ1) is 18.6. The summed E-state index contributed by atoms with van der Waals surface area (Å²) in [5, 5.41) is 2.02. The Kier molecular flexibility index (Phi) is 4.72. The molecule has 7 aromatic rings. The van der Waals surface area contributed by atoms with E-state index in [9.17, 15) is 0 Å². The first kappa shape index (κ1) is 21.4. The third-order valence-corrected chi connectivity index (χ3v) is 6.55. The van der Waals surface area contributed by atoms with Gasteiger partial charge in [-0.15, -0.1) is 0 Å². The molecule has 0 unspecified atom stereocenters. The number of rotatable bonds is 2. The fourth-order valence-electron chi connectivity index (χ4n) is 4.75. The van der Waals surface area contributed by atoms with Crippen molar-refractivity contribution in [3.05, 3.63) is 95.6 Å². The SMILES string of the molecule is Nc1ccc(-c2ccc(C#Cc3c4cc[nH]c4c(C#Cc4ccc(-c5ccc(N)[nH]5)[nH]4)c4cc[nH]c34)[nH]2)[nH]1. The normalized spacial score (nSPS) is 10.9. The van der Waals surface area contributed by atoms with Crippen molar-refractivity contribution >= 4 is 33.4 Å². The summed E-state index contributed by atoms with van der Waals surface area (Å²) >= 11 is 0. The van der Waals surface area contributed by atoms with E-state index in [1.54, 1.807) is 0 Å². The molecule has 8 nitrogen and oxygen atoms in total. The molecule has 0 amide bonds. The van der Waals surface area contributed by atoms with Crippen LogP contribution in [0.2, 0.25) is 0 Å². The average Bonchev–Trinajstić information content (AvgIpc) is 3.73. The van der Waals surface area contributed by atoms with Gasteiger partial charge in [0, 0.05) is 23.2 Å². The Labute approximate surface area is 216 Å². The van der Waals surface area contributed by atoms with Gasteiger partial charge in [0.1, 0.15) is 11.6 Å². The number of aromatic amines is 6. The maximum absolute atomic E-state index is 5.81. The van der Waals surface area contributed by atoms with Gasteiger partial charge in [0.05, 0.1) is 56.3 Å². The van der Waals surface area contributed by atoms with Crippen LogP contribution in [0, 0.1) is 23.7 Å². The van der Waals surface area contributed by atoms with E-state index in [0.717, 1.165) is 67.1 Å². The Bertz CT molecular complexity index is 1880. The van der Waals surface area contributed by atoms with Gasteiger partial charge in [-0.05, 0) is 72.5 Å². The van der Waals surface area contributed by atoms with Crippen molar-refractivity contribution in [2.24, 2.45) is 0 Å². The third-order valence-electron chi connectivity index (χ3n) is 6.55. The number of nitrogens with two attached hydrogens (primary N) is 2. The lowest BCUT2D eigenvalue weighted by Crippen LogP contribution is -1.88. The predicted molar refractivity (Wildman–Crippen MR) is 152 cm³/mol. The molecular formula is C30H22N8. The van der Waals surface area contributed by atoms with Gasteiger partial charge in [-0.2, -0.15) is 0 Å². The van der Waals surface area contributed by atoms with Crippen molar-refractivity contribution in [3.8, 4) is 46.5 Å². The molecule has 0 spiro atoms. The van der Waals surface area contributed by atoms with Gasteiger partial charge >= 0.3 is 0 Å². The number of aromatic nitrogens is 6. The Morgan fingerprint density at radius 3 is 1.29 bits per heavy atom. The van der Waals surface area contributed by atoms with Gasteiger partial charge < -0.3 is 41.4 Å². The first-order valence-electron chi connectivity index (χ1n) is 12.0. The molecule has 0 fully saturated rings. The highest BCUT2D eigenvalue weighted by atomic mass is 14.9. The number of hydrogen-bond acceptors (Lipinski definition) is 2. The van der Waals surface area contributed by atoms with E-state index in [0.29, 0.717) is 11.6 Å². The highest BCUT2D eigenvalue weighted by Crippen LogP contribution is 2.31. The Morgan fingerprint density at radius 2 is 0.868 bits per heavy atom. The molecule has 6 aromatic heterocycles. The molecule has 0 saturated carbocycles. The average molecular weight is 495 g/mol. The second-order valence-electron chi connectivity index (χ2n) is 9.01. The van der Waals surface area contributed by atoms with Gasteiger partial charge in [0.2, 0.25) is 0 Å². The summed E-state index contributed by atoms with van der Waals surface area (Å²) in [6.07, 6.45) is 3.84. The van der Waals surface area contributed by atoms with Crippen LogP contribution in [0.25, 0.3) is 44.6 Å². The third kappa shape index (κ3) is 3.62. The second-order valence-corrected chi connectivity index (χ2v) is 9.01. The molecule has 1 aromatic carbocycles. The van der Waals surface area contributed by atoms with E-state index in [-0.39, 0.29) is 0 Å². The minimum Gasteiger partial charge on any atom is -0.385 e. The summed E-state index contributed by atoms with van der Waals surface area (Å²) in [7, 11) is 0. The number of nitrogens with one attached hydrogen (secondary N) is 6. The van der Waals surface area contributed by atoms with Gasteiger partial charge in [0.15, 0.2) is 0 Å². The molecule has 0 aliphatic heterocycles. The summed E-state index contributed by atoms with van der Waals surface area (Å²) in [4.78, 5) is 19.7. The summed E-state index contributed by atoms with van der Waals surface area (Å²) in [6.45, 7) is 0. The number of H-pyrrole nitrogens is 6. The number of fused-ring (bicyclic) bond motifs is 2. The smallest absolute Gasteiger partial charge is 0.101 e. The van der Waals surface area contributed by atoms with Crippen LogP contribution in [-0.2, 0) is 0 Å². The predicted octanol–water partition coefficient (Wildman–Crippen LogP) is 5.26. The standard InChI is InChI=1S/C30H22N8/c31-27-11-9-25(37-27)23-7-3-17(35-23)1-5-19-21-13-15-34-30(21)20(22-14-16-33-29(19)22)6-2-18-4-8-24(36-18)26-10-12-28(32)38-26/h3-4,7-16,33-38H,31-32H2. The molecule has 0 bridgehead atoms. The van der Waals surface area contributed by atoms with Crippen molar-refractivity contribution in [1.29, 1.82) is 0 Å². The summed E-state index contributed by atoms with van der Waals surface area (Å²) in [5.74, 6) is 14.6. The zero-order valence-electron chi connectivity index (χ0n) is 20.1. The van der Waals surface area contributed by atoms with Crippen LogP contribution in [0.5, 0.6) is 0 Å². The van der Waals surface area contributed by atoms with E-state index in [2.05, 4.69) is 53.6 Å². The van der Waals surface area contributed by atoms with Crippen molar-refractivity contribution < 1.29 is 0 Å². The fourth-order valence-corrected chi connectivity index (χ4v) is 4.75. The Balaban J connectivity index is 1.27. The van der Waals surface area contributed by atoms with Gasteiger partial charge in [0.25, 0.3) is 0 Å². The molecule has 0 atom stereocenters. The number of nitrogen functional groups attached to an aromatic ring is 2. The molecule has 8 heteroatoms. The van der Waals surface area contributed by atoms with Crippen LogP contribution in [0.15, 0.2) is 73.1 Å². The maximum Gasteiger partial charge on any atom is 0.101 e. The molecule has 10 N–H and O–H groups in total. The quantitative estimate of drug-likeness (QED) is 0.155. The molecule has 7 rings (SSSR count). The van der Waals surface area contributed by atoms with Gasteiger partial charge in [-0.25, -0.2) is 0 Å². The van der Waals surface area contributed by atoms with E-state index < -0.39 is 0 Å². The lowest BCUT2D eigenvalue weighted by Gasteiger charge is -2.03. The van der Waals surface area contributed by atoms with E-state index >= 15 is 0 Å². The zero-order chi connectivity index (χ0) is 25.6. The van der Waals surface area contributed by atoms with Crippen LogP contribution in [0.4, 0.5) is 11.6 Å².